The normalized spacial score (nSPS) is 10.1. The molecule has 14 heavy (non-hydrogen) atoms. The fourth-order valence-electron chi connectivity index (χ4n) is 0.751. The summed E-state index contributed by atoms with van der Waals surface area (Å²) < 4.78 is 0.565. The summed E-state index contributed by atoms with van der Waals surface area (Å²) in [6.07, 6.45) is 0. The number of hydrogen-bond acceptors (Lipinski definition) is 3. The van der Waals surface area contributed by atoms with Gasteiger partial charge in [-0.3, -0.25) is 0 Å². The number of hydrogen-bond donors (Lipinski definition) is 0. The molecule has 0 radical (unpaired) electrons. The van der Waals surface area contributed by atoms with Crippen molar-refractivity contribution in [2.45, 2.75) is 0 Å². The third-order valence-electron chi connectivity index (χ3n) is 1.21. The summed E-state index contributed by atoms with van der Waals surface area (Å²) in [5, 5.41) is -0.231. The first-order valence-electron chi connectivity index (χ1n) is 2.89. The first-order valence-corrected chi connectivity index (χ1v) is 6.02. The molecule has 8 heteroatoms. The predicted octanol–water partition coefficient (Wildman–Crippen LogP) is -6.31. The first-order chi connectivity index (χ1) is 5.43. The third kappa shape index (κ3) is 5.21. The number of halogens is 2. The van der Waals surface area contributed by atoms with Crippen molar-refractivity contribution in [2.75, 3.05) is 0 Å². The van der Waals surface area contributed by atoms with E-state index in [1.54, 1.807) is 6.07 Å². The van der Waals surface area contributed by atoms with E-state index in [2.05, 4.69) is 31.9 Å². The SMILES string of the molecule is [Na+].[Na+].[O-][P+]([O-])([O-])c1c(Br)cccc1Br. The molecule has 1 rings (SSSR count). The molecule has 0 aliphatic rings. The Kier molecular flexibility index (Phi) is 10.4. The minimum Gasteiger partial charge on any atom is -0.683 e. The molecule has 3 nitrogen and oxygen atoms in total. The second-order valence-corrected chi connectivity index (χ2v) is 5.22. The van der Waals surface area contributed by atoms with Gasteiger partial charge in [-0.05, 0) is 44.0 Å². The zero-order chi connectivity index (χ0) is 9.35. The van der Waals surface area contributed by atoms with Gasteiger partial charge in [-0.25, -0.2) is 0 Å². The van der Waals surface area contributed by atoms with Crippen LogP contribution in [0, 0.1) is 0 Å². The molecule has 0 saturated heterocycles. The molecule has 0 heterocycles. The topological polar surface area (TPSA) is 69.2 Å². The van der Waals surface area contributed by atoms with E-state index in [0.29, 0.717) is 0 Å². The van der Waals surface area contributed by atoms with Crippen LogP contribution in [-0.4, -0.2) is 0 Å². The molecule has 0 fully saturated rings. The van der Waals surface area contributed by atoms with Crippen molar-refractivity contribution in [3.8, 4) is 0 Å². The van der Waals surface area contributed by atoms with Crippen LogP contribution in [0.2, 0.25) is 0 Å². The molecular formula is C6H3Br2Na2O3P. The van der Waals surface area contributed by atoms with Crippen LogP contribution < -0.4 is 79.1 Å². The Morgan fingerprint density at radius 1 is 0.929 bits per heavy atom. The predicted molar refractivity (Wildman–Crippen MR) is 48.4 cm³/mol. The number of rotatable bonds is 1. The summed E-state index contributed by atoms with van der Waals surface area (Å²) in [5.41, 5.74) is 0. The minimum atomic E-state index is -4.69. The minimum absolute atomic E-state index is 0. The fourth-order valence-corrected chi connectivity index (χ4v) is 3.72. The van der Waals surface area contributed by atoms with Gasteiger partial charge in [0.1, 0.15) is 5.30 Å². The van der Waals surface area contributed by atoms with Gasteiger partial charge in [-0.2, -0.15) is 0 Å². The van der Waals surface area contributed by atoms with Gasteiger partial charge in [0.2, 0.25) is 0 Å². The van der Waals surface area contributed by atoms with Crippen LogP contribution >= 0.6 is 39.8 Å². The van der Waals surface area contributed by atoms with Crippen LogP contribution in [0.5, 0.6) is 0 Å². The standard InChI is InChI=1S/C6H5Br2O3P.2Na/c7-4-2-1-3-5(8)6(4)12(9,10)11;;/h1-3H,(H2,9,10,11);;/q;2*+1/p-2. The Hall–Kier alpha value is 2.49. The molecule has 0 aliphatic carbocycles. The van der Waals surface area contributed by atoms with Crippen LogP contribution in [0.3, 0.4) is 0 Å². The van der Waals surface area contributed by atoms with E-state index >= 15 is 0 Å². The smallest absolute Gasteiger partial charge is 0.683 e. The van der Waals surface area contributed by atoms with Gasteiger partial charge in [0.15, 0.2) is 0 Å². The summed E-state index contributed by atoms with van der Waals surface area (Å²) in [5.74, 6) is 0. The van der Waals surface area contributed by atoms with Crippen molar-refractivity contribution in [3.63, 3.8) is 0 Å². The van der Waals surface area contributed by atoms with Crippen molar-refractivity contribution in [2.24, 2.45) is 0 Å². The van der Waals surface area contributed by atoms with E-state index in [9.17, 15) is 14.7 Å². The summed E-state index contributed by atoms with van der Waals surface area (Å²) >= 11 is 5.96. The summed E-state index contributed by atoms with van der Waals surface area (Å²) in [7, 11) is -4.69. The molecule has 0 amide bonds. The average molecular weight is 360 g/mol. The van der Waals surface area contributed by atoms with E-state index in [1.807, 2.05) is 0 Å². The maximum absolute atomic E-state index is 10.7. The Labute approximate surface area is 144 Å². The molecule has 0 bridgehead atoms. The Bertz CT molecular complexity index is 285. The van der Waals surface area contributed by atoms with Gasteiger partial charge in [0.25, 0.3) is 0 Å². The fraction of sp³-hybridized carbons (Fsp3) is 0. The quantitative estimate of drug-likeness (QED) is 0.370. The van der Waals surface area contributed by atoms with Gasteiger partial charge in [-0.1, -0.05) is 6.07 Å². The van der Waals surface area contributed by atoms with E-state index in [-0.39, 0.29) is 73.4 Å². The van der Waals surface area contributed by atoms with E-state index in [4.69, 9.17) is 0 Å². The maximum atomic E-state index is 10.7. The molecule has 0 aromatic heterocycles. The Balaban J connectivity index is 0. The summed E-state index contributed by atoms with van der Waals surface area (Å²) in [6.45, 7) is 0. The molecule has 0 spiro atoms. The Morgan fingerprint density at radius 3 is 1.50 bits per heavy atom. The van der Waals surface area contributed by atoms with Gasteiger partial charge in [0.05, 0.1) is 8.95 Å². The van der Waals surface area contributed by atoms with Gasteiger partial charge >= 0.3 is 59.1 Å². The maximum Gasteiger partial charge on any atom is 1.00 e. The second kappa shape index (κ2) is 7.75. The molecule has 0 N–H and O–H groups in total. The van der Waals surface area contributed by atoms with E-state index < -0.39 is 7.94 Å². The van der Waals surface area contributed by atoms with Gasteiger partial charge < -0.3 is 14.7 Å². The third-order valence-corrected chi connectivity index (χ3v) is 4.18. The summed E-state index contributed by atoms with van der Waals surface area (Å²) in [6, 6.07) is 4.64. The first kappa shape index (κ1) is 18.8. The Morgan fingerprint density at radius 2 is 1.29 bits per heavy atom. The van der Waals surface area contributed by atoms with Crippen molar-refractivity contribution in [1.29, 1.82) is 0 Å². The second-order valence-electron chi connectivity index (χ2n) is 2.07. The zero-order valence-electron chi connectivity index (χ0n) is 7.66. The van der Waals surface area contributed by atoms with Crippen molar-refractivity contribution in [3.05, 3.63) is 27.1 Å². The van der Waals surface area contributed by atoms with Crippen molar-refractivity contribution < 1.29 is 73.8 Å². The largest absolute Gasteiger partial charge is 1.00 e. The van der Waals surface area contributed by atoms with Crippen molar-refractivity contribution >= 4 is 45.1 Å². The van der Waals surface area contributed by atoms with Crippen LogP contribution in [0.4, 0.5) is 0 Å². The molecule has 0 saturated carbocycles. The van der Waals surface area contributed by atoms with Gasteiger partial charge in [0, 0.05) is 0 Å². The molecule has 1 aromatic rings. The molecule has 0 atom stereocenters. The van der Waals surface area contributed by atoms with Crippen molar-refractivity contribution in [1.82, 2.24) is 0 Å². The van der Waals surface area contributed by atoms with Gasteiger partial charge in [-0.15, -0.1) is 7.94 Å². The van der Waals surface area contributed by atoms with Crippen LogP contribution in [0.15, 0.2) is 27.1 Å². The number of benzene rings is 1. The zero-order valence-corrected chi connectivity index (χ0v) is 15.7. The van der Waals surface area contributed by atoms with E-state index in [0.717, 1.165) is 0 Å². The summed E-state index contributed by atoms with van der Waals surface area (Å²) in [4.78, 5) is 32.1. The molecule has 0 unspecified atom stereocenters. The van der Waals surface area contributed by atoms with Crippen LogP contribution in [0.1, 0.15) is 0 Å². The van der Waals surface area contributed by atoms with E-state index in [1.165, 1.54) is 12.1 Å². The van der Waals surface area contributed by atoms with Crippen LogP contribution in [-0.2, 0) is 0 Å². The average Bonchev–Trinajstić information content (AvgIpc) is 1.82. The molecule has 66 valence electrons. The van der Waals surface area contributed by atoms with Crippen LogP contribution in [0.25, 0.3) is 0 Å². The molecule has 1 aromatic carbocycles. The monoisotopic (exact) mass is 358 g/mol. The molecule has 0 aliphatic heterocycles. The molecular weight excluding hydrogens is 357 g/mol.